The molecule has 0 amide bonds. The van der Waals surface area contributed by atoms with E-state index in [9.17, 15) is 0 Å². The molecule has 5 N–H and O–H groups in total. The SMILES string of the molecule is CC(C)(C)N1CC2(CCNCC2)C1.CC(C)(C)N1CC2(CNC2)C1.CC(C)(C)N1CCC2(CC1)CNC2.CC(C)(C)N1CCC2(CCNC2)CC1.CC(C)(C)N1CCC2(CCNCC2)CC1. The molecular formula is C56H112N10. The quantitative estimate of drug-likeness (QED) is 0.167. The Kier molecular flexibility index (Phi) is 17.8. The highest BCUT2D eigenvalue weighted by Crippen LogP contribution is 2.44. The number of rotatable bonds is 0. The topological polar surface area (TPSA) is 76.4 Å². The molecule has 0 unspecified atom stereocenters. The molecule has 0 bridgehead atoms. The lowest BCUT2D eigenvalue weighted by Crippen LogP contribution is -2.73. The van der Waals surface area contributed by atoms with Gasteiger partial charge in [0, 0.05) is 92.0 Å². The van der Waals surface area contributed by atoms with Crippen molar-refractivity contribution in [3.63, 3.8) is 0 Å². The van der Waals surface area contributed by atoms with Crippen molar-refractivity contribution >= 4 is 0 Å². The third-order valence-corrected chi connectivity index (χ3v) is 19.0. The summed E-state index contributed by atoms with van der Waals surface area (Å²) in [6, 6.07) is 0. The van der Waals surface area contributed by atoms with Gasteiger partial charge in [0.2, 0.25) is 0 Å². The van der Waals surface area contributed by atoms with Crippen molar-refractivity contribution in [3.05, 3.63) is 0 Å². The van der Waals surface area contributed by atoms with Crippen molar-refractivity contribution in [3.8, 4) is 0 Å². The number of hydrogen-bond donors (Lipinski definition) is 5. The van der Waals surface area contributed by atoms with Crippen LogP contribution in [0.3, 0.4) is 0 Å². The van der Waals surface area contributed by atoms with Gasteiger partial charge in [0.1, 0.15) is 0 Å². The smallest absolute Gasteiger partial charge is 0.0207 e. The van der Waals surface area contributed by atoms with E-state index >= 15 is 0 Å². The lowest BCUT2D eigenvalue weighted by Gasteiger charge is -2.60. The molecule has 0 aromatic rings. The monoisotopic (exact) mass is 925 g/mol. The van der Waals surface area contributed by atoms with Crippen LogP contribution in [0.1, 0.15) is 174 Å². The molecule has 10 heteroatoms. The van der Waals surface area contributed by atoms with Gasteiger partial charge in [-0.05, 0) is 268 Å². The van der Waals surface area contributed by atoms with Crippen molar-refractivity contribution in [1.29, 1.82) is 0 Å². The molecule has 10 aliphatic heterocycles. The second-order valence-electron chi connectivity index (χ2n) is 29.2. The van der Waals surface area contributed by atoms with Crippen molar-refractivity contribution < 1.29 is 0 Å². The molecule has 0 aromatic carbocycles. The van der Waals surface area contributed by atoms with Crippen LogP contribution < -0.4 is 26.6 Å². The molecule has 10 rings (SSSR count). The molecule has 0 atom stereocenters. The Morgan fingerprint density at radius 1 is 0.242 bits per heavy atom. The first kappa shape index (κ1) is 54.9. The molecule has 0 radical (unpaired) electrons. The zero-order chi connectivity index (χ0) is 48.3. The minimum Gasteiger partial charge on any atom is -0.317 e. The third-order valence-electron chi connectivity index (χ3n) is 19.0. The van der Waals surface area contributed by atoms with Crippen LogP contribution in [-0.2, 0) is 0 Å². The first-order chi connectivity index (χ1) is 30.6. The van der Waals surface area contributed by atoms with E-state index in [0.29, 0.717) is 54.8 Å². The standard InChI is InChI=1S/C13H26N2.C12H24N2.2C11H22N2.C9H18N2/c1-12(2,3)15-10-6-13(7-11-15)4-8-14-9-5-13;1-11(2,3)14-8-5-12(6-9-14)4-7-13-10-12;1-10(2,3)13-6-4-11(5-7-13)8-12-9-11;1-10(2,3)13-8-11(9-13)4-6-12-7-5-11;1-8(2,3)11-6-9(7-11)4-10-5-9/h14H,4-11H2,1-3H3;13H,4-10H2,1-3H3;2*12H,4-9H2,1-3H3;10H,4-7H2,1-3H3. The van der Waals surface area contributed by atoms with E-state index in [4.69, 9.17) is 0 Å². The average Bonchev–Trinajstić information content (AvgIpc) is 3.63. The highest BCUT2D eigenvalue weighted by molar-refractivity contribution is 5.07. The van der Waals surface area contributed by atoms with Gasteiger partial charge in [-0.25, -0.2) is 0 Å². The number of nitrogens with one attached hydrogen (secondary N) is 5. The van der Waals surface area contributed by atoms with E-state index in [0.717, 1.165) is 0 Å². The van der Waals surface area contributed by atoms with Crippen molar-refractivity contribution in [2.24, 2.45) is 27.1 Å². The highest BCUT2D eigenvalue weighted by atomic mass is 15.3. The molecule has 5 spiro atoms. The Bertz CT molecular complexity index is 1420. The van der Waals surface area contributed by atoms with Gasteiger partial charge < -0.3 is 26.6 Å². The Morgan fingerprint density at radius 3 is 0.788 bits per heavy atom. The number of piperidine rings is 5. The fourth-order valence-corrected chi connectivity index (χ4v) is 12.9. The molecule has 10 fully saturated rings. The van der Waals surface area contributed by atoms with E-state index in [2.05, 4.69) is 155 Å². The van der Waals surface area contributed by atoms with Crippen LogP contribution in [0.15, 0.2) is 0 Å². The maximum atomic E-state index is 3.52. The Labute approximate surface area is 409 Å². The summed E-state index contributed by atoms with van der Waals surface area (Å²) in [5, 5.41) is 17.2. The second-order valence-corrected chi connectivity index (χ2v) is 29.2. The van der Waals surface area contributed by atoms with Crippen LogP contribution in [-0.4, -0.2) is 183 Å². The molecular weight excluding hydrogens is 813 g/mol. The normalized spacial score (nSPS) is 28.8. The van der Waals surface area contributed by atoms with Crippen molar-refractivity contribution in [1.82, 2.24) is 51.1 Å². The summed E-state index contributed by atoms with van der Waals surface area (Å²) < 4.78 is 0. The van der Waals surface area contributed by atoms with Gasteiger partial charge in [-0.15, -0.1) is 0 Å². The van der Waals surface area contributed by atoms with E-state index in [1.807, 2.05) is 0 Å². The van der Waals surface area contributed by atoms with E-state index in [1.54, 1.807) is 0 Å². The molecule has 10 aliphatic rings. The Hall–Kier alpha value is -0.400. The first-order valence-electron chi connectivity index (χ1n) is 27.9. The van der Waals surface area contributed by atoms with Crippen LogP contribution in [0.2, 0.25) is 0 Å². The summed E-state index contributed by atoms with van der Waals surface area (Å²) in [5.74, 6) is 0. The molecule has 66 heavy (non-hydrogen) atoms. The van der Waals surface area contributed by atoms with Gasteiger partial charge in [0.15, 0.2) is 0 Å². The largest absolute Gasteiger partial charge is 0.317 e. The number of hydrogen-bond acceptors (Lipinski definition) is 10. The van der Waals surface area contributed by atoms with Gasteiger partial charge in [-0.2, -0.15) is 0 Å². The van der Waals surface area contributed by atoms with Crippen LogP contribution in [0.25, 0.3) is 0 Å². The zero-order valence-corrected chi connectivity index (χ0v) is 46.7. The lowest BCUT2D eigenvalue weighted by atomic mass is 9.71. The van der Waals surface area contributed by atoms with Gasteiger partial charge in [0.25, 0.3) is 0 Å². The van der Waals surface area contributed by atoms with Gasteiger partial charge in [-0.1, -0.05) is 0 Å². The molecule has 10 nitrogen and oxygen atoms in total. The molecule has 0 aliphatic carbocycles. The predicted molar refractivity (Wildman–Crippen MR) is 284 cm³/mol. The first-order valence-corrected chi connectivity index (χ1v) is 27.9. The van der Waals surface area contributed by atoms with Crippen LogP contribution in [0.5, 0.6) is 0 Å². The van der Waals surface area contributed by atoms with E-state index in [1.165, 1.54) is 202 Å². The summed E-state index contributed by atoms with van der Waals surface area (Å²) in [6.45, 7) is 60.4. The number of likely N-dealkylation sites (tertiary alicyclic amines) is 5. The molecule has 10 saturated heterocycles. The van der Waals surface area contributed by atoms with Crippen LogP contribution in [0.4, 0.5) is 0 Å². The van der Waals surface area contributed by atoms with Crippen LogP contribution >= 0.6 is 0 Å². The second kappa shape index (κ2) is 21.4. The maximum Gasteiger partial charge on any atom is 0.0207 e. The van der Waals surface area contributed by atoms with E-state index in [-0.39, 0.29) is 0 Å². The third kappa shape index (κ3) is 14.6. The lowest BCUT2D eigenvalue weighted by molar-refractivity contribution is -0.0872. The maximum absolute atomic E-state index is 3.52. The summed E-state index contributed by atoms with van der Waals surface area (Å²) >= 11 is 0. The van der Waals surface area contributed by atoms with Gasteiger partial charge in [0.05, 0.1) is 0 Å². The summed E-state index contributed by atoms with van der Waals surface area (Å²) in [6.07, 6.45) is 15.4. The average molecular weight is 926 g/mol. The summed E-state index contributed by atoms with van der Waals surface area (Å²) in [5.41, 5.74) is 5.33. The molecule has 0 saturated carbocycles. The molecule has 0 aromatic heterocycles. The van der Waals surface area contributed by atoms with Crippen molar-refractivity contribution in [2.75, 3.05) is 131 Å². The number of nitrogens with zero attached hydrogens (tertiary/aromatic N) is 5. The van der Waals surface area contributed by atoms with Gasteiger partial charge in [-0.3, -0.25) is 24.5 Å². The minimum absolute atomic E-state index is 0.369. The Morgan fingerprint density at radius 2 is 0.500 bits per heavy atom. The van der Waals surface area contributed by atoms with E-state index < -0.39 is 0 Å². The van der Waals surface area contributed by atoms with Crippen molar-refractivity contribution in [2.45, 2.75) is 202 Å². The van der Waals surface area contributed by atoms with Crippen LogP contribution in [0, 0.1) is 27.1 Å². The minimum atomic E-state index is 0.369. The summed E-state index contributed by atoms with van der Waals surface area (Å²) in [4.78, 5) is 13.1. The molecule has 386 valence electrons. The van der Waals surface area contributed by atoms with Gasteiger partial charge >= 0.3 is 0 Å². The highest BCUT2D eigenvalue weighted by Gasteiger charge is 2.50. The predicted octanol–water partition coefficient (Wildman–Crippen LogP) is 7.74. The zero-order valence-electron chi connectivity index (χ0n) is 46.7. The molecule has 10 heterocycles. The fourth-order valence-electron chi connectivity index (χ4n) is 12.9. The summed E-state index contributed by atoms with van der Waals surface area (Å²) in [7, 11) is 0. The Balaban J connectivity index is 0.000000137. The fraction of sp³-hybridized carbons (Fsp3) is 1.00.